The zero-order chi connectivity index (χ0) is 13.1. The van der Waals surface area contributed by atoms with Crippen molar-refractivity contribution in [2.75, 3.05) is 0 Å². The van der Waals surface area contributed by atoms with E-state index in [4.69, 9.17) is 0 Å². The Bertz CT molecular complexity index is 549. The zero-order valence-electron chi connectivity index (χ0n) is 10.3. The average Bonchev–Trinajstić information content (AvgIpc) is 2.86. The van der Waals surface area contributed by atoms with Crippen LogP contribution in [0.1, 0.15) is 33.8 Å². The van der Waals surface area contributed by atoms with Crippen molar-refractivity contribution in [3.63, 3.8) is 0 Å². The number of carbonyl (C=O) groups is 1. The number of rotatable bonds is 3. The molecule has 2 N–H and O–H groups in total. The monoisotopic (exact) mass is 261 g/mol. The number of hydrogen-bond donors (Lipinski definition) is 2. The maximum Gasteiger partial charge on any atom is 0.255 e. The highest BCUT2D eigenvalue weighted by Crippen LogP contribution is 2.23. The van der Waals surface area contributed by atoms with E-state index in [1.807, 2.05) is 24.4 Å². The number of hydrogen-bond acceptors (Lipinski definition) is 3. The van der Waals surface area contributed by atoms with Crippen LogP contribution >= 0.6 is 11.3 Å². The Balaban J connectivity index is 2.15. The van der Waals surface area contributed by atoms with Crippen molar-refractivity contribution >= 4 is 17.2 Å². The highest BCUT2D eigenvalue weighted by atomic mass is 32.1. The van der Waals surface area contributed by atoms with Crippen LogP contribution in [0.5, 0.6) is 5.75 Å². The molecule has 0 saturated heterocycles. The SMILES string of the molecule is Cc1cccc(C(=O)NC(C)c2cccs2)c1O. The Labute approximate surface area is 110 Å². The van der Waals surface area contributed by atoms with Gasteiger partial charge in [0.05, 0.1) is 11.6 Å². The number of carbonyl (C=O) groups excluding carboxylic acids is 1. The highest BCUT2D eigenvalue weighted by molar-refractivity contribution is 7.10. The smallest absolute Gasteiger partial charge is 0.255 e. The molecule has 1 aromatic carbocycles. The lowest BCUT2D eigenvalue weighted by atomic mass is 10.1. The molecule has 2 aromatic rings. The van der Waals surface area contributed by atoms with E-state index < -0.39 is 0 Å². The summed E-state index contributed by atoms with van der Waals surface area (Å²) in [5.41, 5.74) is 1.02. The Morgan fingerprint density at radius 2 is 2.11 bits per heavy atom. The summed E-state index contributed by atoms with van der Waals surface area (Å²) in [5.74, 6) is -0.203. The van der Waals surface area contributed by atoms with Crippen molar-refractivity contribution in [2.45, 2.75) is 19.9 Å². The number of aromatic hydroxyl groups is 1. The Kier molecular flexibility index (Phi) is 3.67. The van der Waals surface area contributed by atoms with E-state index in [2.05, 4.69) is 5.32 Å². The van der Waals surface area contributed by atoms with Gasteiger partial charge in [-0.3, -0.25) is 4.79 Å². The quantitative estimate of drug-likeness (QED) is 0.891. The Hall–Kier alpha value is -1.81. The predicted octanol–water partition coefficient (Wildman–Crippen LogP) is 3.25. The maximum atomic E-state index is 12.1. The molecule has 94 valence electrons. The molecule has 0 fully saturated rings. The summed E-state index contributed by atoms with van der Waals surface area (Å²) in [6.07, 6.45) is 0. The number of para-hydroxylation sites is 1. The van der Waals surface area contributed by atoms with E-state index in [1.54, 1.807) is 36.5 Å². The van der Waals surface area contributed by atoms with Gasteiger partial charge in [0.25, 0.3) is 5.91 Å². The minimum atomic E-state index is -0.253. The molecule has 1 aromatic heterocycles. The molecule has 0 saturated carbocycles. The molecule has 0 radical (unpaired) electrons. The minimum Gasteiger partial charge on any atom is -0.507 e. The molecule has 0 aliphatic rings. The van der Waals surface area contributed by atoms with Crippen LogP contribution in [0, 0.1) is 6.92 Å². The molecule has 0 aliphatic heterocycles. The van der Waals surface area contributed by atoms with Crippen LogP contribution in [-0.4, -0.2) is 11.0 Å². The van der Waals surface area contributed by atoms with Crippen molar-refractivity contribution in [1.29, 1.82) is 0 Å². The molecule has 2 rings (SSSR count). The molecule has 0 spiro atoms. The Morgan fingerprint density at radius 3 is 2.78 bits per heavy atom. The van der Waals surface area contributed by atoms with Gasteiger partial charge in [0.15, 0.2) is 0 Å². The molecule has 1 atom stereocenters. The third kappa shape index (κ3) is 2.54. The van der Waals surface area contributed by atoms with Gasteiger partial charge < -0.3 is 10.4 Å². The zero-order valence-corrected chi connectivity index (χ0v) is 11.1. The van der Waals surface area contributed by atoms with E-state index in [-0.39, 0.29) is 17.7 Å². The maximum absolute atomic E-state index is 12.1. The van der Waals surface area contributed by atoms with Gasteiger partial charge in [0.2, 0.25) is 0 Å². The molecular weight excluding hydrogens is 246 g/mol. The summed E-state index contributed by atoms with van der Waals surface area (Å²) in [7, 11) is 0. The third-order valence-electron chi connectivity index (χ3n) is 2.80. The number of aryl methyl sites for hydroxylation is 1. The molecule has 1 amide bonds. The molecule has 0 aliphatic carbocycles. The van der Waals surface area contributed by atoms with Gasteiger partial charge in [-0.05, 0) is 36.9 Å². The van der Waals surface area contributed by atoms with Gasteiger partial charge >= 0.3 is 0 Å². The van der Waals surface area contributed by atoms with Gasteiger partial charge in [-0.2, -0.15) is 0 Å². The summed E-state index contributed by atoms with van der Waals surface area (Å²) in [6.45, 7) is 3.70. The van der Waals surface area contributed by atoms with E-state index in [1.165, 1.54) is 0 Å². The van der Waals surface area contributed by atoms with Gasteiger partial charge in [-0.1, -0.05) is 18.2 Å². The van der Waals surface area contributed by atoms with Crippen LogP contribution in [0.3, 0.4) is 0 Å². The van der Waals surface area contributed by atoms with Crippen molar-refractivity contribution in [2.24, 2.45) is 0 Å². The number of benzene rings is 1. The fourth-order valence-corrected chi connectivity index (χ4v) is 2.46. The summed E-state index contributed by atoms with van der Waals surface area (Å²) in [4.78, 5) is 13.1. The number of nitrogens with one attached hydrogen (secondary N) is 1. The predicted molar refractivity (Wildman–Crippen MR) is 73.0 cm³/mol. The lowest BCUT2D eigenvalue weighted by molar-refractivity contribution is 0.0937. The standard InChI is InChI=1S/C14H15NO2S/c1-9-5-3-6-11(13(9)16)14(17)15-10(2)12-7-4-8-18-12/h3-8,10,16H,1-2H3,(H,15,17). The average molecular weight is 261 g/mol. The third-order valence-corrected chi connectivity index (χ3v) is 3.85. The van der Waals surface area contributed by atoms with Crippen LogP contribution in [0.15, 0.2) is 35.7 Å². The van der Waals surface area contributed by atoms with Crippen molar-refractivity contribution in [3.8, 4) is 5.75 Å². The first-order valence-electron chi connectivity index (χ1n) is 5.72. The minimum absolute atomic E-state index is 0.0494. The summed E-state index contributed by atoms with van der Waals surface area (Å²) < 4.78 is 0. The first-order valence-corrected chi connectivity index (χ1v) is 6.60. The number of amides is 1. The normalized spacial score (nSPS) is 12.1. The fourth-order valence-electron chi connectivity index (χ4n) is 1.73. The van der Waals surface area contributed by atoms with E-state index in [9.17, 15) is 9.90 Å². The second kappa shape index (κ2) is 5.23. The summed E-state index contributed by atoms with van der Waals surface area (Å²) in [6, 6.07) is 9.03. The molecule has 1 heterocycles. The van der Waals surface area contributed by atoms with Crippen molar-refractivity contribution < 1.29 is 9.90 Å². The van der Waals surface area contributed by atoms with Gasteiger partial charge in [-0.25, -0.2) is 0 Å². The summed E-state index contributed by atoms with van der Waals surface area (Å²) >= 11 is 1.60. The van der Waals surface area contributed by atoms with Gasteiger partial charge in [0, 0.05) is 4.88 Å². The second-order valence-electron chi connectivity index (χ2n) is 4.18. The Morgan fingerprint density at radius 1 is 1.33 bits per heavy atom. The molecular formula is C14H15NO2S. The molecule has 0 bridgehead atoms. The lowest BCUT2D eigenvalue weighted by Crippen LogP contribution is -2.26. The van der Waals surface area contributed by atoms with Gasteiger partial charge in [-0.15, -0.1) is 11.3 Å². The van der Waals surface area contributed by atoms with E-state index in [0.29, 0.717) is 11.1 Å². The van der Waals surface area contributed by atoms with E-state index >= 15 is 0 Å². The highest BCUT2D eigenvalue weighted by Gasteiger charge is 2.15. The van der Waals surface area contributed by atoms with Crippen molar-refractivity contribution in [1.82, 2.24) is 5.32 Å². The lowest BCUT2D eigenvalue weighted by Gasteiger charge is -2.13. The van der Waals surface area contributed by atoms with Crippen LogP contribution in [0.4, 0.5) is 0 Å². The van der Waals surface area contributed by atoms with E-state index in [0.717, 1.165) is 4.88 Å². The topological polar surface area (TPSA) is 49.3 Å². The molecule has 3 nitrogen and oxygen atoms in total. The van der Waals surface area contributed by atoms with Crippen molar-refractivity contribution in [3.05, 3.63) is 51.7 Å². The number of phenolic OH excluding ortho intramolecular Hbond substituents is 1. The van der Waals surface area contributed by atoms with Crippen LogP contribution in [0.25, 0.3) is 0 Å². The first kappa shape index (κ1) is 12.6. The molecule has 4 heteroatoms. The number of phenols is 1. The van der Waals surface area contributed by atoms with Crippen LogP contribution < -0.4 is 5.32 Å². The first-order chi connectivity index (χ1) is 8.59. The van der Waals surface area contributed by atoms with Crippen LogP contribution in [0.2, 0.25) is 0 Å². The number of thiophene rings is 1. The van der Waals surface area contributed by atoms with Gasteiger partial charge in [0.1, 0.15) is 5.75 Å². The van der Waals surface area contributed by atoms with Crippen LogP contribution in [-0.2, 0) is 0 Å². The fraction of sp³-hybridized carbons (Fsp3) is 0.214. The summed E-state index contributed by atoms with van der Waals surface area (Å²) in [5, 5.41) is 14.7. The molecule has 1 unspecified atom stereocenters. The second-order valence-corrected chi connectivity index (χ2v) is 5.16. The largest absolute Gasteiger partial charge is 0.507 e. The molecule has 18 heavy (non-hydrogen) atoms.